The van der Waals surface area contributed by atoms with E-state index in [1.54, 1.807) is 11.3 Å². The van der Waals surface area contributed by atoms with Gasteiger partial charge in [0.15, 0.2) is 0 Å². The summed E-state index contributed by atoms with van der Waals surface area (Å²) in [5.74, 6) is -0.183. The monoisotopic (exact) mass is 206 g/mol. The van der Waals surface area contributed by atoms with Gasteiger partial charge in [0.05, 0.1) is 10.3 Å². The Morgan fingerprint density at radius 3 is 2.71 bits per heavy atom. The maximum absolute atomic E-state index is 11.3. The molecule has 0 spiro atoms. The lowest BCUT2D eigenvalue weighted by atomic mass is 9.90. The first-order valence-electron chi connectivity index (χ1n) is 4.32. The van der Waals surface area contributed by atoms with Crippen molar-refractivity contribution in [2.45, 2.75) is 13.8 Å². The van der Waals surface area contributed by atoms with Gasteiger partial charge in [-0.1, -0.05) is 6.07 Å². The molecule has 3 nitrogen and oxygen atoms in total. The first-order valence-corrected chi connectivity index (χ1v) is 5.20. The fourth-order valence-corrected chi connectivity index (χ4v) is 1.89. The minimum atomic E-state index is -0.527. The largest absolute Gasteiger partial charge is 0.274 e. The van der Waals surface area contributed by atoms with E-state index in [2.05, 4.69) is 10.2 Å². The number of hydrogen-bond donors (Lipinski definition) is 0. The van der Waals surface area contributed by atoms with Gasteiger partial charge < -0.3 is 0 Å². The quantitative estimate of drug-likeness (QED) is 0.696. The topological polar surface area (TPSA) is 41.8 Å². The number of rotatable bonds is 1. The Hall–Kier alpha value is -1.29. The highest BCUT2D eigenvalue weighted by atomic mass is 32.1. The van der Waals surface area contributed by atoms with Crippen LogP contribution < -0.4 is 0 Å². The molecular formula is C10H10N2OS. The highest BCUT2D eigenvalue weighted by Crippen LogP contribution is 2.32. The maximum Gasteiger partial charge on any atom is 0.274 e. The first kappa shape index (κ1) is 9.27. The molecule has 14 heavy (non-hydrogen) atoms. The van der Waals surface area contributed by atoms with Crippen molar-refractivity contribution in [2.75, 3.05) is 0 Å². The second-order valence-electron chi connectivity index (χ2n) is 3.73. The van der Waals surface area contributed by atoms with Gasteiger partial charge in [-0.3, -0.25) is 4.79 Å². The molecule has 0 bridgehead atoms. The average Bonchev–Trinajstić information content (AvgIpc) is 2.62. The number of thiophene rings is 1. The fourth-order valence-electron chi connectivity index (χ4n) is 1.21. The predicted molar refractivity (Wildman–Crippen MR) is 55.9 cm³/mol. The second-order valence-corrected chi connectivity index (χ2v) is 4.68. The zero-order chi connectivity index (χ0) is 10.2. The van der Waals surface area contributed by atoms with Crippen molar-refractivity contribution < 1.29 is 4.79 Å². The molecule has 72 valence electrons. The number of carbonyl (C=O) groups is 1. The van der Waals surface area contributed by atoms with E-state index in [1.807, 2.05) is 37.4 Å². The van der Waals surface area contributed by atoms with Crippen molar-refractivity contribution in [1.29, 1.82) is 0 Å². The molecule has 0 radical (unpaired) electrons. The van der Waals surface area contributed by atoms with Crippen LogP contribution in [0.3, 0.4) is 0 Å². The van der Waals surface area contributed by atoms with E-state index in [9.17, 15) is 4.79 Å². The average molecular weight is 206 g/mol. The number of azo groups is 1. The molecule has 1 amide bonds. The third-order valence-electron chi connectivity index (χ3n) is 2.07. The van der Waals surface area contributed by atoms with Gasteiger partial charge in [-0.2, -0.15) is 0 Å². The van der Waals surface area contributed by atoms with Crippen LogP contribution in [0.4, 0.5) is 0 Å². The first-order chi connectivity index (χ1) is 6.59. The molecule has 0 unspecified atom stereocenters. The highest BCUT2D eigenvalue weighted by molar-refractivity contribution is 7.11. The molecule has 2 rings (SSSR count). The molecule has 0 saturated carbocycles. The number of nitrogens with zero attached hydrogens (tertiary/aromatic N) is 2. The zero-order valence-electron chi connectivity index (χ0n) is 8.02. The summed E-state index contributed by atoms with van der Waals surface area (Å²) >= 11 is 1.60. The van der Waals surface area contributed by atoms with Gasteiger partial charge in [-0.05, 0) is 31.4 Å². The van der Waals surface area contributed by atoms with E-state index in [0.29, 0.717) is 0 Å². The van der Waals surface area contributed by atoms with E-state index in [-0.39, 0.29) is 5.91 Å². The van der Waals surface area contributed by atoms with Gasteiger partial charge in [0.2, 0.25) is 0 Å². The van der Waals surface area contributed by atoms with Crippen LogP contribution in [-0.2, 0) is 4.79 Å². The number of hydrogen-bond acceptors (Lipinski definition) is 3. The second kappa shape index (κ2) is 3.13. The van der Waals surface area contributed by atoms with Crippen molar-refractivity contribution in [1.82, 2.24) is 0 Å². The van der Waals surface area contributed by atoms with Crippen LogP contribution in [0.2, 0.25) is 0 Å². The summed E-state index contributed by atoms with van der Waals surface area (Å²) in [7, 11) is 0. The molecule has 4 heteroatoms. The minimum Gasteiger partial charge on any atom is -0.270 e. The third-order valence-corrected chi connectivity index (χ3v) is 2.96. The molecule has 1 aliphatic heterocycles. The van der Waals surface area contributed by atoms with Crippen molar-refractivity contribution >= 4 is 22.9 Å². The molecule has 0 aliphatic carbocycles. The molecule has 1 aromatic rings. The summed E-state index contributed by atoms with van der Waals surface area (Å²) in [5, 5.41) is 9.52. The molecule has 0 N–H and O–H groups in total. The molecule has 0 atom stereocenters. The van der Waals surface area contributed by atoms with Crippen LogP contribution in [0, 0.1) is 5.41 Å². The summed E-state index contributed by atoms with van der Waals surface area (Å²) in [5.41, 5.74) is 0.269. The Balaban J connectivity index is 2.41. The van der Waals surface area contributed by atoms with E-state index < -0.39 is 5.41 Å². The van der Waals surface area contributed by atoms with E-state index in [4.69, 9.17) is 0 Å². The fraction of sp³-hybridized carbons (Fsp3) is 0.300. The van der Waals surface area contributed by atoms with Gasteiger partial charge >= 0.3 is 0 Å². The van der Waals surface area contributed by atoms with Gasteiger partial charge in [0.1, 0.15) is 5.70 Å². The van der Waals surface area contributed by atoms with Crippen LogP contribution in [0.5, 0.6) is 0 Å². The van der Waals surface area contributed by atoms with Crippen LogP contribution >= 0.6 is 11.3 Å². The van der Waals surface area contributed by atoms with Crippen molar-refractivity contribution in [3.63, 3.8) is 0 Å². The lowest BCUT2D eigenvalue weighted by Gasteiger charge is -2.18. The smallest absolute Gasteiger partial charge is 0.270 e. The lowest BCUT2D eigenvalue weighted by molar-refractivity contribution is -0.124. The molecule has 0 saturated heterocycles. The highest BCUT2D eigenvalue weighted by Gasteiger charge is 2.29. The van der Waals surface area contributed by atoms with Crippen molar-refractivity contribution in [3.05, 3.63) is 28.5 Å². The van der Waals surface area contributed by atoms with Crippen LogP contribution in [0.15, 0.2) is 33.8 Å². The summed E-state index contributed by atoms with van der Waals surface area (Å²) in [4.78, 5) is 12.4. The Morgan fingerprint density at radius 2 is 2.14 bits per heavy atom. The van der Waals surface area contributed by atoms with Crippen molar-refractivity contribution in [2.24, 2.45) is 15.6 Å². The Kier molecular flexibility index (Phi) is 2.07. The van der Waals surface area contributed by atoms with E-state index in [0.717, 1.165) is 10.6 Å². The Bertz CT molecular complexity index is 415. The zero-order valence-corrected chi connectivity index (χ0v) is 8.84. The van der Waals surface area contributed by atoms with Gasteiger partial charge in [0, 0.05) is 0 Å². The van der Waals surface area contributed by atoms with Gasteiger partial charge in [-0.15, -0.1) is 21.6 Å². The van der Waals surface area contributed by atoms with Crippen LogP contribution in [0.1, 0.15) is 18.7 Å². The Labute approximate surface area is 86.2 Å². The Morgan fingerprint density at radius 1 is 1.36 bits per heavy atom. The number of carbonyl (C=O) groups excluding carboxylic acids is 1. The summed E-state index contributed by atoms with van der Waals surface area (Å²) in [6.45, 7) is 3.70. The van der Waals surface area contributed by atoms with Gasteiger partial charge in [-0.25, -0.2) is 0 Å². The molecular weight excluding hydrogens is 196 g/mol. The molecule has 0 aromatic carbocycles. The summed E-state index contributed by atoms with van der Waals surface area (Å²) in [6, 6.07) is 3.93. The van der Waals surface area contributed by atoms with Gasteiger partial charge in [0.25, 0.3) is 5.91 Å². The minimum absolute atomic E-state index is 0.183. The standard InChI is InChI=1S/C10H10N2OS/c1-10(2)6-7(11-12-9(10)13)8-4-3-5-14-8/h3-6H,1-2H3. The summed E-state index contributed by atoms with van der Waals surface area (Å²) in [6.07, 6.45) is 1.87. The normalized spacial score (nSPS) is 19.6. The van der Waals surface area contributed by atoms with Crippen LogP contribution in [-0.4, -0.2) is 5.91 Å². The maximum atomic E-state index is 11.3. The van der Waals surface area contributed by atoms with E-state index >= 15 is 0 Å². The lowest BCUT2D eigenvalue weighted by Crippen LogP contribution is -2.21. The predicted octanol–water partition coefficient (Wildman–Crippen LogP) is 3.11. The molecule has 1 aliphatic rings. The SMILES string of the molecule is CC1(C)C=C(c2cccs2)N=NC1=O. The van der Waals surface area contributed by atoms with Crippen LogP contribution in [0.25, 0.3) is 5.70 Å². The molecule has 0 fully saturated rings. The third kappa shape index (κ3) is 1.53. The summed E-state index contributed by atoms with van der Waals surface area (Å²) < 4.78 is 0. The number of amides is 1. The molecule has 1 aromatic heterocycles. The molecule has 2 heterocycles. The van der Waals surface area contributed by atoms with E-state index in [1.165, 1.54) is 0 Å². The van der Waals surface area contributed by atoms with Crippen molar-refractivity contribution in [3.8, 4) is 0 Å².